The van der Waals surface area contributed by atoms with Crippen LogP contribution in [0, 0.1) is 5.92 Å². The number of fused-ring (bicyclic) bond motifs is 3. The molecule has 0 N–H and O–H groups in total. The van der Waals surface area contributed by atoms with Gasteiger partial charge in [-0.3, -0.25) is 9.69 Å². The van der Waals surface area contributed by atoms with E-state index in [-0.39, 0.29) is 12.0 Å². The Morgan fingerprint density at radius 3 is 2.94 bits per heavy atom. The second-order valence-electron chi connectivity index (χ2n) is 4.65. The molecule has 0 aromatic heterocycles. The maximum atomic E-state index is 11.6. The average molecular weight is 217 g/mol. The highest BCUT2D eigenvalue weighted by Gasteiger charge is 2.54. The number of ether oxygens (including phenoxy) is 1. The van der Waals surface area contributed by atoms with Crippen LogP contribution >= 0.6 is 0 Å². The number of likely N-dealkylation sites (tertiary alicyclic amines) is 1. The predicted molar refractivity (Wildman–Crippen MR) is 59.9 cm³/mol. The van der Waals surface area contributed by atoms with Gasteiger partial charge in [0.15, 0.2) is 0 Å². The van der Waals surface area contributed by atoms with Crippen molar-refractivity contribution in [3.63, 3.8) is 0 Å². The first-order valence-electron chi connectivity index (χ1n) is 5.61. The minimum atomic E-state index is -0.100. The van der Waals surface area contributed by atoms with Gasteiger partial charge in [-0.1, -0.05) is 24.3 Å². The number of hydrogen-bond acceptors (Lipinski definition) is 3. The van der Waals surface area contributed by atoms with Crippen molar-refractivity contribution in [1.29, 1.82) is 0 Å². The molecule has 84 valence electrons. The molecular formula is C13H15NO2. The molecule has 0 radical (unpaired) electrons. The quantitative estimate of drug-likeness (QED) is 0.666. The molecule has 0 amide bonds. The van der Waals surface area contributed by atoms with E-state index in [9.17, 15) is 4.79 Å². The van der Waals surface area contributed by atoms with Gasteiger partial charge in [0, 0.05) is 12.0 Å². The van der Waals surface area contributed by atoms with Crippen LogP contribution < -0.4 is 0 Å². The predicted octanol–water partition coefficient (Wildman–Crippen LogP) is 1.39. The molecule has 0 saturated carbocycles. The summed E-state index contributed by atoms with van der Waals surface area (Å²) in [7, 11) is 3.47. The fourth-order valence-electron chi connectivity index (χ4n) is 3.25. The lowest BCUT2D eigenvalue weighted by atomic mass is 9.81. The summed E-state index contributed by atoms with van der Waals surface area (Å²) in [4.78, 5) is 13.8. The summed E-state index contributed by atoms with van der Waals surface area (Å²) >= 11 is 0. The van der Waals surface area contributed by atoms with Gasteiger partial charge in [0.1, 0.15) is 6.04 Å². The number of benzene rings is 1. The van der Waals surface area contributed by atoms with E-state index in [0.717, 1.165) is 6.42 Å². The Morgan fingerprint density at radius 1 is 1.44 bits per heavy atom. The van der Waals surface area contributed by atoms with Gasteiger partial charge < -0.3 is 4.74 Å². The number of methoxy groups -OCH3 is 1. The van der Waals surface area contributed by atoms with Crippen LogP contribution in [0.15, 0.2) is 24.3 Å². The summed E-state index contributed by atoms with van der Waals surface area (Å²) in [6, 6.07) is 8.83. The Labute approximate surface area is 95.0 Å². The van der Waals surface area contributed by atoms with Gasteiger partial charge in [0.25, 0.3) is 0 Å². The van der Waals surface area contributed by atoms with Gasteiger partial charge in [-0.15, -0.1) is 0 Å². The first kappa shape index (κ1) is 9.85. The Hall–Kier alpha value is -1.35. The van der Waals surface area contributed by atoms with Gasteiger partial charge in [0.2, 0.25) is 0 Å². The minimum absolute atomic E-state index is 0.0533. The van der Waals surface area contributed by atoms with E-state index < -0.39 is 0 Å². The van der Waals surface area contributed by atoms with E-state index in [1.165, 1.54) is 18.2 Å². The normalized spacial score (nSPS) is 31.5. The Kier molecular flexibility index (Phi) is 2.04. The summed E-state index contributed by atoms with van der Waals surface area (Å²) in [6.07, 6.45) is 1.00. The summed E-state index contributed by atoms with van der Waals surface area (Å²) in [6.45, 7) is 0. The smallest absolute Gasteiger partial charge is 0.323 e. The lowest BCUT2D eigenvalue weighted by molar-refractivity contribution is -0.161. The molecule has 3 atom stereocenters. The first-order valence-corrected chi connectivity index (χ1v) is 5.61. The van der Waals surface area contributed by atoms with Crippen LogP contribution in [0.1, 0.15) is 17.2 Å². The number of likely N-dealkylation sites (N-methyl/N-ethyl adjacent to an activating group) is 1. The topological polar surface area (TPSA) is 29.5 Å². The Bertz CT molecular complexity index is 443. The van der Waals surface area contributed by atoms with E-state index in [1.54, 1.807) is 0 Å². The number of esters is 1. The highest BCUT2D eigenvalue weighted by atomic mass is 16.5. The number of rotatable bonds is 1. The molecule has 3 unspecified atom stereocenters. The van der Waals surface area contributed by atoms with Gasteiger partial charge >= 0.3 is 5.97 Å². The lowest BCUT2D eigenvalue weighted by Crippen LogP contribution is -2.58. The molecular weight excluding hydrogens is 202 g/mol. The van der Waals surface area contributed by atoms with Gasteiger partial charge in [-0.25, -0.2) is 0 Å². The second-order valence-corrected chi connectivity index (χ2v) is 4.65. The van der Waals surface area contributed by atoms with Crippen LogP contribution in [0.25, 0.3) is 0 Å². The minimum Gasteiger partial charge on any atom is -0.468 e. The van der Waals surface area contributed by atoms with Crippen LogP contribution in [0.4, 0.5) is 0 Å². The third kappa shape index (κ3) is 1.09. The highest BCUT2D eigenvalue weighted by Crippen LogP contribution is 2.51. The Balaban J connectivity index is 1.91. The van der Waals surface area contributed by atoms with Crippen LogP contribution in [0.3, 0.4) is 0 Å². The van der Waals surface area contributed by atoms with Crippen molar-refractivity contribution < 1.29 is 9.53 Å². The zero-order chi connectivity index (χ0) is 11.3. The fraction of sp³-hybridized carbons (Fsp3) is 0.462. The van der Waals surface area contributed by atoms with E-state index in [2.05, 4.69) is 29.2 Å². The molecule has 3 nitrogen and oxygen atoms in total. The summed E-state index contributed by atoms with van der Waals surface area (Å²) < 4.78 is 4.85. The van der Waals surface area contributed by atoms with Crippen LogP contribution in [0.2, 0.25) is 0 Å². The molecule has 2 aliphatic rings. The maximum Gasteiger partial charge on any atom is 0.323 e. The SMILES string of the molecule is COC(=O)C1C2Cc3ccccc3C2N1C. The third-order valence-electron chi connectivity index (χ3n) is 3.96. The standard InChI is InChI=1S/C13H15NO2/c1-14-11-9-6-4-3-5-8(9)7-10(11)12(14)13(15)16-2/h3-6,10-12H,7H2,1-2H3. The molecule has 1 saturated heterocycles. The first-order chi connectivity index (χ1) is 7.74. The maximum absolute atomic E-state index is 11.6. The molecule has 1 aromatic carbocycles. The molecule has 1 aliphatic carbocycles. The van der Waals surface area contributed by atoms with Crippen molar-refractivity contribution in [2.45, 2.75) is 18.5 Å². The monoisotopic (exact) mass is 217 g/mol. The summed E-state index contributed by atoms with van der Waals surface area (Å²) in [5.74, 6) is 0.311. The molecule has 1 aromatic rings. The summed E-state index contributed by atoms with van der Waals surface area (Å²) in [5.41, 5.74) is 2.77. The largest absolute Gasteiger partial charge is 0.468 e. The molecule has 3 heteroatoms. The van der Waals surface area contributed by atoms with Crippen molar-refractivity contribution >= 4 is 5.97 Å². The summed E-state index contributed by atoms with van der Waals surface area (Å²) in [5, 5.41) is 0. The molecule has 1 heterocycles. The van der Waals surface area contributed by atoms with Gasteiger partial charge in [-0.05, 0) is 24.6 Å². The van der Waals surface area contributed by atoms with Gasteiger partial charge in [0.05, 0.1) is 7.11 Å². The van der Waals surface area contributed by atoms with Crippen molar-refractivity contribution in [2.24, 2.45) is 5.92 Å². The van der Waals surface area contributed by atoms with Crippen molar-refractivity contribution in [3.8, 4) is 0 Å². The molecule has 1 aliphatic heterocycles. The number of hydrogen-bond donors (Lipinski definition) is 0. The zero-order valence-electron chi connectivity index (χ0n) is 9.51. The fourth-order valence-corrected chi connectivity index (χ4v) is 3.25. The van der Waals surface area contributed by atoms with E-state index in [4.69, 9.17) is 4.74 Å². The van der Waals surface area contributed by atoms with Crippen LogP contribution in [0.5, 0.6) is 0 Å². The van der Waals surface area contributed by atoms with Gasteiger partial charge in [-0.2, -0.15) is 0 Å². The van der Waals surface area contributed by atoms with E-state index in [0.29, 0.717) is 12.0 Å². The van der Waals surface area contributed by atoms with Crippen molar-refractivity contribution in [3.05, 3.63) is 35.4 Å². The Morgan fingerprint density at radius 2 is 2.19 bits per heavy atom. The van der Waals surface area contributed by atoms with E-state index >= 15 is 0 Å². The molecule has 0 bridgehead atoms. The average Bonchev–Trinajstić information content (AvgIpc) is 2.62. The number of carbonyl (C=O) groups excluding carboxylic acids is 1. The number of nitrogens with zero attached hydrogens (tertiary/aromatic N) is 1. The van der Waals surface area contributed by atoms with Crippen molar-refractivity contribution in [1.82, 2.24) is 4.90 Å². The van der Waals surface area contributed by atoms with Crippen LogP contribution in [-0.2, 0) is 16.0 Å². The number of carbonyl (C=O) groups is 1. The van der Waals surface area contributed by atoms with E-state index in [1.807, 2.05) is 7.05 Å². The molecule has 16 heavy (non-hydrogen) atoms. The molecule has 0 spiro atoms. The molecule has 3 rings (SSSR count). The van der Waals surface area contributed by atoms with Crippen molar-refractivity contribution in [2.75, 3.05) is 14.2 Å². The highest BCUT2D eigenvalue weighted by molar-refractivity contribution is 5.78. The lowest BCUT2D eigenvalue weighted by Gasteiger charge is -2.48. The van der Waals surface area contributed by atoms with Crippen LogP contribution in [-0.4, -0.2) is 31.1 Å². The second kappa shape index (κ2) is 3.32. The zero-order valence-corrected chi connectivity index (χ0v) is 9.51. The third-order valence-corrected chi connectivity index (χ3v) is 3.96. The molecule has 1 fully saturated rings.